The average Bonchev–Trinajstić information content (AvgIpc) is 1.86. The zero-order chi connectivity index (χ0) is 8.85. The highest BCUT2D eigenvalue weighted by molar-refractivity contribution is 5.66. The van der Waals surface area contributed by atoms with Crippen molar-refractivity contribution in [3.63, 3.8) is 0 Å². The summed E-state index contributed by atoms with van der Waals surface area (Å²) >= 11 is 0. The summed E-state index contributed by atoms with van der Waals surface area (Å²) in [7, 11) is 0. The van der Waals surface area contributed by atoms with Crippen LogP contribution in [0.2, 0.25) is 0 Å². The summed E-state index contributed by atoms with van der Waals surface area (Å²) in [6.45, 7) is 0. The molecule has 0 spiro atoms. The topological polar surface area (TPSA) is 37.3 Å². The maximum absolute atomic E-state index is 12.0. The third kappa shape index (κ3) is 5.69. The van der Waals surface area contributed by atoms with Gasteiger partial charge in [-0.1, -0.05) is 0 Å². The minimum absolute atomic E-state index is 0.0408. The molecule has 1 atom stereocenters. The molecule has 0 rings (SSSR count). The Morgan fingerprint density at radius 2 is 1.91 bits per heavy atom. The summed E-state index contributed by atoms with van der Waals surface area (Å²) in [6, 6.07) is 0. The second kappa shape index (κ2) is 4.98. The van der Waals surface area contributed by atoms with Crippen LogP contribution in [0.25, 0.3) is 0 Å². The van der Waals surface area contributed by atoms with Gasteiger partial charge >= 0.3 is 5.97 Å². The summed E-state index contributed by atoms with van der Waals surface area (Å²) in [4.78, 5) is 9.84. The first-order valence-electron chi connectivity index (χ1n) is 3.18. The fourth-order valence-electron chi connectivity index (χ4n) is 0.574. The molecule has 1 N–H and O–H groups in total. The van der Waals surface area contributed by atoms with E-state index in [0.29, 0.717) is 0 Å². The van der Waals surface area contributed by atoms with Crippen molar-refractivity contribution in [2.75, 3.05) is 0 Å². The van der Waals surface area contributed by atoms with E-state index >= 15 is 0 Å². The van der Waals surface area contributed by atoms with Crippen molar-refractivity contribution in [2.45, 2.75) is 31.9 Å². The van der Waals surface area contributed by atoms with Gasteiger partial charge in [-0.05, 0) is 12.8 Å². The van der Waals surface area contributed by atoms with E-state index in [9.17, 15) is 18.0 Å². The number of aliphatic carboxylic acids is 1. The van der Waals surface area contributed by atoms with Crippen molar-refractivity contribution < 1.29 is 23.1 Å². The molecule has 2 nitrogen and oxygen atoms in total. The van der Waals surface area contributed by atoms with Gasteiger partial charge in [-0.3, -0.25) is 4.79 Å². The summed E-state index contributed by atoms with van der Waals surface area (Å²) in [5.41, 5.74) is 0. The SMILES string of the molecule is O=C(O)CCCC(F)C(F)F. The predicted octanol–water partition coefficient (Wildman–Crippen LogP) is 1.84. The molecule has 0 bridgehead atoms. The molecule has 0 aromatic rings. The third-order valence-electron chi connectivity index (χ3n) is 1.14. The van der Waals surface area contributed by atoms with Crippen LogP contribution in [0.15, 0.2) is 0 Å². The monoisotopic (exact) mass is 170 g/mol. The highest BCUT2D eigenvalue weighted by atomic mass is 19.3. The van der Waals surface area contributed by atoms with E-state index in [-0.39, 0.29) is 19.3 Å². The van der Waals surface area contributed by atoms with E-state index in [1.54, 1.807) is 0 Å². The van der Waals surface area contributed by atoms with E-state index in [1.165, 1.54) is 0 Å². The van der Waals surface area contributed by atoms with E-state index < -0.39 is 18.6 Å². The lowest BCUT2D eigenvalue weighted by Gasteiger charge is -2.03. The maximum atomic E-state index is 12.0. The molecule has 0 aliphatic rings. The van der Waals surface area contributed by atoms with E-state index in [0.717, 1.165) is 0 Å². The summed E-state index contributed by atoms with van der Waals surface area (Å²) < 4.78 is 34.9. The Morgan fingerprint density at radius 1 is 1.36 bits per heavy atom. The molecule has 0 fully saturated rings. The van der Waals surface area contributed by atoms with Crippen LogP contribution in [0, 0.1) is 0 Å². The van der Waals surface area contributed by atoms with Gasteiger partial charge in [-0.15, -0.1) is 0 Å². The zero-order valence-electron chi connectivity index (χ0n) is 5.77. The van der Waals surface area contributed by atoms with Crippen LogP contribution >= 0.6 is 0 Å². The maximum Gasteiger partial charge on any atom is 0.303 e. The first kappa shape index (κ1) is 10.3. The van der Waals surface area contributed by atoms with Crippen LogP contribution in [-0.4, -0.2) is 23.7 Å². The summed E-state index contributed by atoms with van der Waals surface area (Å²) in [5, 5.41) is 8.06. The number of rotatable bonds is 5. The molecule has 0 saturated carbocycles. The predicted molar refractivity (Wildman–Crippen MR) is 32.4 cm³/mol. The molecule has 5 heteroatoms. The summed E-state index contributed by atoms with van der Waals surface area (Å²) in [6.07, 6.45) is -5.86. The molecular formula is C6H9F3O2. The van der Waals surface area contributed by atoms with Crippen LogP contribution in [0.3, 0.4) is 0 Å². The first-order valence-corrected chi connectivity index (χ1v) is 3.18. The normalized spacial score (nSPS) is 13.5. The average molecular weight is 170 g/mol. The smallest absolute Gasteiger partial charge is 0.303 e. The van der Waals surface area contributed by atoms with Crippen LogP contribution in [-0.2, 0) is 4.79 Å². The van der Waals surface area contributed by atoms with Crippen molar-refractivity contribution in [1.29, 1.82) is 0 Å². The van der Waals surface area contributed by atoms with Gasteiger partial charge in [-0.25, -0.2) is 13.2 Å². The van der Waals surface area contributed by atoms with Crippen molar-refractivity contribution in [3.05, 3.63) is 0 Å². The number of carboxylic acid groups (broad SMARTS) is 1. The highest BCUT2D eigenvalue weighted by Crippen LogP contribution is 2.12. The zero-order valence-corrected chi connectivity index (χ0v) is 5.77. The second-order valence-electron chi connectivity index (χ2n) is 2.14. The molecule has 0 heterocycles. The minimum Gasteiger partial charge on any atom is -0.481 e. The van der Waals surface area contributed by atoms with Crippen LogP contribution in [0.1, 0.15) is 19.3 Å². The number of hydrogen-bond donors (Lipinski definition) is 1. The van der Waals surface area contributed by atoms with Gasteiger partial charge in [0.1, 0.15) is 0 Å². The Balaban J connectivity index is 3.31. The quantitative estimate of drug-likeness (QED) is 0.683. The molecule has 0 amide bonds. The van der Waals surface area contributed by atoms with Gasteiger partial charge in [-0.2, -0.15) is 0 Å². The fourth-order valence-corrected chi connectivity index (χ4v) is 0.574. The number of halogens is 3. The van der Waals surface area contributed by atoms with Gasteiger partial charge in [0.2, 0.25) is 0 Å². The van der Waals surface area contributed by atoms with Crippen LogP contribution < -0.4 is 0 Å². The van der Waals surface area contributed by atoms with Crippen LogP contribution in [0.5, 0.6) is 0 Å². The molecule has 0 saturated heterocycles. The molecule has 0 aromatic carbocycles. The number of carbonyl (C=O) groups is 1. The highest BCUT2D eigenvalue weighted by Gasteiger charge is 2.18. The lowest BCUT2D eigenvalue weighted by molar-refractivity contribution is -0.137. The Hall–Kier alpha value is -0.740. The number of carboxylic acids is 1. The van der Waals surface area contributed by atoms with Gasteiger partial charge in [0, 0.05) is 6.42 Å². The van der Waals surface area contributed by atoms with E-state index in [1.807, 2.05) is 0 Å². The Kier molecular flexibility index (Phi) is 4.65. The Morgan fingerprint density at radius 3 is 2.27 bits per heavy atom. The van der Waals surface area contributed by atoms with Crippen molar-refractivity contribution >= 4 is 5.97 Å². The fraction of sp³-hybridized carbons (Fsp3) is 0.833. The third-order valence-corrected chi connectivity index (χ3v) is 1.14. The Bertz CT molecular complexity index is 127. The van der Waals surface area contributed by atoms with E-state index in [4.69, 9.17) is 5.11 Å². The molecule has 0 aromatic heterocycles. The minimum atomic E-state index is -3.00. The van der Waals surface area contributed by atoms with Gasteiger partial charge in [0.15, 0.2) is 6.17 Å². The standard InChI is InChI=1S/C6H9F3O2/c7-4(6(8)9)2-1-3-5(10)11/h4,6H,1-3H2,(H,10,11). The first-order chi connectivity index (χ1) is 5.04. The van der Waals surface area contributed by atoms with Crippen molar-refractivity contribution in [1.82, 2.24) is 0 Å². The molecule has 0 aliphatic carbocycles. The molecule has 11 heavy (non-hydrogen) atoms. The van der Waals surface area contributed by atoms with Crippen molar-refractivity contribution in [2.24, 2.45) is 0 Å². The molecule has 0 aliphatic heterocycles. The molecule has 1 unspecified atom stereocenters. The summed E-state index contributed by atoms with van der Waals surface area (Å²) in [5.74, 6) is -1.09. The molecular weight excluding hydrogens is 161 g/mol. The molecule has 0 radical (unpaired) electrons. The number of hydrogen-bond acceptors (Lipinski definition) is 1. The van der Waals surface area contributed by atoms with Crippen molar-refractivity contribution in [3.8, 4) is 0 Å². The van der Waals surface area contributed by atoms with Gasteiger partial charge < -0.3 is 5.11 Å². The number of alkyl halides is 3. The lowest BCUT2D eigenvalue weighted by Crippen LogP contribution is -2.12. The van der Waals surface area contributed by atoms with E-state index in [2.05, 4.69) is 0 Å². The van der Waals surface area contributed by atoms with Gasteiger partial charge in [0.25, 0.3) is 6.43 Å². The van der Waals surface area contributed by atoms with Gasteiger partial charge in [0.05, 0.1) is 0 Å². The molecule has 66 valence electrons. The largest absolute Gasteiger partial charge is 0.481 e. The second-order valence-corrected chi connectivity index (χ2v) is 2.14. The lowest BCUT2D eigenvalue weighted by atomic mass is 10.2. The Labute approximate surface area is 62.0 Å². The van der Waals surface area contributed by atoms with Crippen LogP contribution in [0.4, 0.5) is 13.2 Å².